The molecule has 0 fully saturated rings. The minimum absolute atomic E-state index is 0.172. The monoisotopic (exact) mass is 502 g/mol. The van der Waals surface area contributed by atoms with Gasteiger partial charge in [-0.25, -0.2) is 4.68 Å². The average molecular weight is 503 g/mol. The van der Waals surface area contributed by atoms with E-state index in [0.29, 0.717) is 23.9 Å². The summed E-state index contributed by atoms with van der Waals surface area (Å²) >= 11 is 6.43. The third kappa shape index (κ3) is 5.51. The fraction of sp³-hybridized carbons (Fsp3) is 0.200. The number of carbonyl (C=O) groups is 1. The van der Waals surface area contributed by atoms with Gasteiger partial charge in [-0.3, -0.25) is 4.79 Å². The van der Waals surface area contributed by atoms with Gasteiger partial charge >= 0.3 is 6.18 Å². The lowest BCUT2D eigenvalue weighted by Crippen LogP contribution is -2.26. The molecule has 3 aromatic rings. The van der Waals surface area contributed by atoms with E-state index < -0.39 is 23.3 Å². The van der Waals surface area contributed by atoms with Crippen molar-refractivity contribution < 1.29 is 22.7 Å². The molecule has 1 aromatic heterocycles. The van der Waals surface area contributed by atoms with Gasteiger partial charge in [0.25, 0.3) is 5.91 Å². The number of anilines is 1. The molecule has 0 saturated heterocycles. The molecule has 2 aromatic carbocycles. The maximum absolute atomic E-state index is 13.8. The van der Waals surface area contributed by atoms with Crippen molar-refractivity contribution >= 4 is 23.2 Å². The van der Waals surface area contributed by atoms with E-state index in [1.54, 1.807) is 31.3 Å². The van der Waals surface area contributed by atoms with E-state index in [2.05, 4.69) is 10.4 Å². The highest BCUT2D eigenvalue weighted by Crippen LogP contribution is 2.34. The van der Waals surface area contributed by atoms with Crippen LogP contribution in [0.1, 0.15) is 28.5 Å². The number of halogens is 4. The number of aromatic nitrogens is 2. The Morgan fingerprint density at radius 3 is 2.43 bits per heavy atom. The van der Waals surface area contributed by atoms with Gasteiger partial charge < -0.3 is 15.0 Å². The van der Waals surface area contributed by atoms with Gasteiger partial charge in [0.15, 0.2) is 5.69 Å². The van der Waals surface area contributed by atoms with E-state index in [1.807, 2.05) is 35.2 Å². The third-order valence-electron chi connectivity index (χ3n) is 5.27. The second-order valence-electron chi connectivity index (χ2n) is 7.68. The van der Waals surface area contributed by atoms with Crippen LogP contribution in [0.4, 0.5) is 18.9 Å². The van der Waals surface area contributed by atoms with Crippen molar-refractivity contribution in [3.05, 3.63) is 101 Å². The molecule has 1 aliphatic rings. The zero-order chi connectivity index (χ0) is 25.0. The highest BCUT2D eigenvalue weighted by molar-refractivity contribution is 6.30. The first-order valence-electron chi connectivity index (χ1n) is 10.8. The number of carbonyl (C=O) groups excluding carboxylic acids is 1. The molecule has 0 aliphatic carbocycles. The molecule has 1 aliphatic heterocycles. The summed E-state index contributed by atoms with van der Waals surface area (Å²) in [6.07, 6.45) is -0.295. The Balaban J connectivity index is 1.50. The summed E-state index contributed by atoms with van der Waals surface area (Å²) in [5, 5.41) is 6.72. The molecule has 0 atom stereocenters. The number of ether oxygens (including phenoxy) is 1. The van der Waals surface area contributed by atoms with Crippen molar-refractivity contribution in [1.29, 1.82) is 0 Å². The Kier molecular flexibility index (Phi) is 7.16. The molecule has 0 unspecified atom stereocenters. The Hall–Kier alpha value is -3.72. The van der Waals surface area contributed by atoms with Gasteiger partial charge in [0.2, 0.25) is 0 Å². The van der Waals surface area contributed by atoms with Crippen LogP contribution in [0.2, 0.25) is 0 Å². The number of rotatable bonds is 7. The largest absolute Gasteiger partial charge is 0.488 e. The minimum atomic E-state index is -4.76. The number of benzene rings is 2. The lowest BCUT2D eigenvalue weighted by molar-refractivity contribution is -0.143. The molecule has 2 heterocycles. The third-order valence-corrected chi connectivity index (χ3v) is 5.57. The van der Waals surface area contributed by atoms with Gasteiger partial charge in [0.1, 0.15) is 12.4 Å². The van der Waals surface area contributed by atoms with Crippen molar-refractivity contribution in [2.75, 3.05) is 18.0 Å². The number of alkyl halides is 3. The van der Waals surface area contributed by atoms with Crippen LogP contribution in [-0.4, -0.2) is 28.8 Å². The quantitative estimate of drug-likeness (QED) is 0.454. The lowest BCUT2D eigenvalue weighted by Gasteiger charge is -2.25. The number of hydrogen-bond acceptors (Lipinski definition) is 4. The summed E-state index contributed by atoms with van der Waals surface area (Å²) < 4.78 is 47.8. The van der Waals surface area contributed by atoms with Crippen LogP contribution in [0.3, 0.4) is 0 Å². The summed E-state index contributed by atoms with van der Waals surface area (Å²) in [5.74, 6) is -0.263. The first kappa shape index (κ1) is 24.4. The van der Waals surface area contributed by atoms with Crippen molar-refractivity contribution in [3.8, 4) is 5.69 Å². The molecule has 1 amide bonds. The summed E-state index contributed by atoms with van der Waals surface area (Å²) in [4.78, 5) is 13.9. The zero-order valence-corrected chi connectivity index (χ0v) is 19.5. The van der Waals surface area contributed by atoms with Gasteiger partial charge in [-0.15, -0.1) is 0 Å². The Morgan fingerprint density at radius 2 is 1.80 bits per heavy atom. The van der Waals surface area contributed by atoms with Crippen molar-refractivity contribution in [3.63, 3.8) is 0 Å². The second-order valence-corrected chi connectivity index (χ2v) is 8.14. The maximum Gasteiger partial charge on any atom is 0.434 e. The standard InChI is InChI=1S/C25H22ClF3N4O2/c1-2-30-24(34)20-14-31-33(23(20)25(27,28)29)19-10-8-18(9-11-19)32-13-12-22(21(26)15-32)35-16-17-6-4-3-5-7-17/h3-14H,2,15-16H2,1H3,(H,30,34). The average Bonchev–Trinajstić information content (AvgIpc) is 3.30. The molecule has 0 saturated carbocycles. The number of nitrogens with zero attached hydrogens (tertiary/aromatic N) is 3. The maximum atomic E-state index is 13.8. The van der Waals surface area contributed by atoms with Gasteiger partial charge in [-0.2, -0.15) is 18.3 Å². The molecule has 182 valence electrons. The second kappa shape index (κ2) is 10.3. The van der Waals surface area contributed by atoms with Crippen LogP contribution in [-0.2, 0) is 17.5 Å². The molecule has 0 radical (unpaired) electrons. The number of hydrogen-bond donors (Lipinski definition) is 1. The van der Waals surface area contributed by atoms with E-state index in [9.17, 15) is 18.0 Å². The molecule has 0 bridgehead atoms. The fourth-order valence-corrected chi connectivity index (χ4v) is 3.84. The van der Waals surface area contributed by atoms with Crippen LogP contribution >= 0.6 is 11.6 Å². The Bertz CT molecular complexity index is 1250. The molecule has 6 nitrogen and oxygen atoms in total. The highest BCUT2D eigenvalue weighted by atomic mass is 35.5. The number of nitrogens with one attached hydrogen (secondary N) is 1. The van der Waals surface area contributed by atoms with Crippen LogP contribution < -0.4 is 10.2 Å². The van der Waals surface area contributed by atoms with E-state index in [-0.39, 0.29) is 12.2 Å². The van der Waals surface area contributed by atoms with Crippen molar-refractivity contribution in [1.82, 2.24) is 15.1 Å². The molecule has 1 N–H and O–H groups in total. The molecule has 10 heteroatoms. The normalized spacial score (nSPS) is 13.8. The van der Waals surface area contributed by atoms with E-state index in [1.165, 1.54) is 12.1 Å². The van der Waals surface area contributed by atoms with Crippen LogP contribution in [0.25, 0.3) is 5.69 Å². The van der Waals surface area contributed by atoms with Crippen molar-refractivity contribution in [2.24, 2.45) is 0 Å². The Labute approximate surface area is 205 Å². The van der Waals surface area contributed by atoms with Crippen LogP contribution in [0, 0.1) is 0 Å². The smallest absolute Gasteiger partial charge is 0.434 e. The Morgan fingerprint density at radius 1 is 1.11 bits per heavy atom. The summed E-state index contributed by atoms with van der Waals surface area (Å²) in [7, 11) is 0. The topological polar surface area (TPSA) is 59.4 Å². The van der Waals surface area contributed by atoms with Gasteiger partial charge in [-0.05, 0) is 42.8 Å². The number of amides is 1. The zero-order valence-electron chi connectivity index (χ0n) is 18.7. The van der Waals surface area contributed by atoms with E-state index in [0.717, 1.165) is 22.1 Å². The summed E-state index contributed by atoms with van der Waals surface area (Å²) in [6.45, 7) is 2.56. The van der Waals surface area contributed by atoms with Gasteiger partial charge in [0, 0.05) is 18.4 Å². The lowest BCUT2D eigenvalue weighted by atomic mass is 10.2. The molecule has 0 spiro atoms. The van der Waals surface area contributed by atoms with Crippen LogP contribution in [0.5, 0.6) is 0 Å². The molecule has 4 rings (SSSR count). The van der Waals surface area contributed by atoms with Crippen LogP contribution in [0.15, 0.2) is 83.9 Å². The molecular weight excluding hydrogens is 481 g/mol. The summed E-state index contributed by atoms with van der Waals surface area (Å²) in [6, 6.07) is 16.0. The van der Waals surface area contributed by atoms with Gasteiger partial charge in [0.05, 0.1) is 29.0 Å². The minimum Gasteiger partial charge on any atom is -0.488 e. The van der Waals surface area contributed by atoms with E-state index >= 15 is 0 Å². The summed E-state index contributed by atoms with van der Waals surface area (Å²) in [5.41, 5.74) is 0.256. The first-order chi connectivity index (χ1) is 16.8. The predicted octanol–water partition coefficient (Wildman–Crippen LogP) is 5.64. The SMILES string of the molecule is CCNC(=O)c1cnn(-c2ccc(N3C=CC(OCc4ccccc4)=C(Cl)C3)cc2)c1C(F)(F)F. The predicted molar refractivity (Wildman–Crippen MR) is 127 cm³/mol. The van der Waals surface area contributed by atoms with Crippen molar-refractivity contribution in [2.45, 2.75) is 19.7 Å². The number of allylic oxidation sites excluding steroid dienone is 1. The highest BCUT2D eigenvalue weighted by Gasteiger charge is 2.40. The first-order valence-corrected chi connectivity index (χ1v) is 11.2. The fourth-order valence-electron chi connectivity index (χ4n) is 3.59. The molecular formula is C25H22ClF3N4O2. The van der Waals surface area contributed by atoms with Gasteiger partial charge in [-0.1, -0.05) is 41.9 Å². The van der Waals surface area contributed by atoms with E-state index in [4.69, 9.17) is 16.3 Å². The molecule has 35 heavy (non-hydrogen) atoms.